The van der Waals surface area contributed by atoms with Crippen LogP contribution < -0.4 is 5.32 Å². The van der Waals surface area contributed by atoms with Gasteiger partial charge in [0.05, 0.1) is 6.33 Å². The molecule has 1 N–H and O–H groups in total. The lowest BCUT2D eigenvalue weighted by Crippen LogP contribution is -2.32. The fourth-order valence-electron chi connectivity index (χ4n) is 2.04. The van der Waals surface area contributed by atoms with Gasteiger partial charge in [0.1, 0.15) is 0 Å². The summed E-state index contributed by atoms with van der Waals surface area (Å²) in [4.78, 5) is 4.05. The van der Waals surface area contributed by atoms with Crippen molar-refractivity contribution in [2.45, 2.75) is 32.5 Å². The predicted octanol–water partition coefficient (Wildman–Crippen LogP) is 3.38. The van der Waals surface area contributed by atoms with Crippen LogP contribution in [0.3, 0.4) is 0 Å². The highest BCUT2D eigenvalue weighted by Crippen LogP contribution is 2.17. The summed E-state index contributed by atoms with van der Waals surface area (Å²) in [5.41, 5.74) is 1.30. The van der Waals surface area contributed by atoms with Gasteiger partial charge in [0, 0.05) is 35.5 Å². The van der Waals surface area contributed by atoms with Crippen LogP contribution in [0.15, 0.2) is 47.5 Å². The van der Waals surface area contributed by atoms with Crippen LogP contribution in [0.1, 0.15) is 25.5 Å². The van der Waals surface area contributed by atoms with Gasteiger partial charge in [-0.3, -0.25) is 0 Å². The zero-order valence-electron chi connectivity index (χ0n) is 10.7. The minimum atomic E-state index is 0.344. The lowest BCUT2D eigenvalue weighted by Gasteiger charge is -2.20. The van der Waals surface area contributed by atoms with Crippen LogP contribution in [-0.2, 0) is 6.54 Å². The summed E-state index contributed by atoms with van der Waals surface area (Å²) in [5, 5.41) is 3.59. The van der Waals surface area contributed by atoms with Gasteiger partial charge < -0.3 is 9.88 Å². The van der Waals surface area contributed by atoms with Crippen LogP contribution in [0, 0.1) is 0 Å². The Morgan fingerprint density at radius 3 is 2.61 bits per heavy atom. The molecule has 0 aliphatic carbocycles. The van der Waals surface area contributed by atoms with Crippen molar-refractivity contribution in [3.63, 3.8) is 0 Å². The van der Waals surface area contributed by atoms with Crippen molar-refractivity contribution in [2.75, 3.05) is 0 Å². The van der Waals surface area contributed by atoms with Gasteiger partial charge >= 0.3 is 0 Å². The second-order valence-electron chi connectivity index (χ2n) is 4.60. The van der Waals surface area contributed by atoms with E-state index >= 15 is 0 Å². The molecule has 2 aromatic rings. The zero-order valence-corrected chi connectivity index (χ0v) is 12.3. The Morgan fingerprint density at radius 2 is 2.00 bits per heavy atom. The van der Waals surface area contributed by atoms with Crippen LogP contribution in [0.25, 0.3) is 0 Å². The normalized spacial score (nSPS) is 14.4. The molecule has 0 fully saturated rings. The average Bonchev–Trinajstić information content (AvgIpc) is 2.82. The average molecular weight is 308 g/mol. The lowest BCUT2D eigenvalue weighted by atomic mass is 10.1. The van der Waals surface area contributed by atoms with Crippen molar-refractivity contribution < 1.29 is 0 Å². The summed E-state index contributed by atoms with van der Waals surface area (Å²) in [5.74, 6) is 0. The Kier molecular flexibility index (Phi) is 4.55. The van der Waals surface area contributed by atoms with Crippen molar-refractivity contribution in [3.05, 3.63) is 53.0 Å². The van der Waals surface area contributed by atoms with E-state index in [1.165, 1.54) is 5.56 Å². The number of nitrogens with one attached hydrogen (secondary N) is 1. The lowest BCUT2D eigenvalue weighted by molar-refractivity contribution is 0.430. The molecule has 0 radical (unpaired) electrons. The summed E-state index contributed by atoms with van der Waals surface area (Å²) in [7, 11) is 0. The Balaban J connectivity index is 1.90. The number of aromatic nitrogens is 2. The van der Waals surface area contributed by atoms with Crippen LogP contribution in [-0.4, -0.2) is 15.6 Å². The Morgan fingerprint density at radius 1 is 1.28 bits per heavy atom. The first-order valence-electron chi connectivity index (χ1n) is 6.12. The molecule has 96 valence electrons. The fourth-order valence-corrected chi connectivity index (χ4v) is 2.30. The summed E-state index contributed by atoms with van der Waals surface area (Å²) in [6, 6.07) is 9.19. The summed E-state index contributed by atoms with van der Waals surface area (Å²) in [6.07, 6.45) is 5.65. The fraction of sp³-hybridized carbons (Fsp3) is 0.357. The standard InChI is InChI=1S/C14H18BrN3/c1-11(9-18-8-7-16-10-18)17-12(2)13-3-5-14(15)6-4-13/h3-8,10-12,17H,9H2,1-2H3. The van der Waals surface area contributed by atoms with E-state index in [1.54, 1.807) is 0 Å². The maximum absolute atomic E-state index is 4.05. The molecule has 0 bridgehead atoms. The molecule has 3 nitrogen and oxygen atoms in total. The van der Waals surface area contributed by atoms with Crippen LogP contribution in [0.4, 0.5) is 0 Å². The Labute approximate surface area is 116 Å². The Hall–Kier alpha value is -1.13. The molecule has 0 amide bonds. The highest BCUT2D eigenvalue weighted by Gasteiger charge is 2.09. The molecule has 2 atom stereocenters. The Bertz CT molecular complexity index is 464. The van der Waals surface area contributed by atoms with Gasteiger partial charge in [-0.1, -0.05) is 28.1 Å². The highest BCUT2D eigenvalue weighted by atomic mass is 79.9. The van der Waals surface area contributed by atoms with Crippen LogP contribution >= 0.6 is 15.9 Å². The van der Waals surface area contributed by atoms with Gasteiger partial charge in [0.15, 0.2) is 0 Å². The number of imidazole rings is 1. The first-order chi connectivity index (χ1) is 8.65. The summed E-state index contributed by atoms with van der Waals surface area (Å²) >= 11 is 3.45. The molecular formula is C14H18BrN3. The van der Waals surface area contributed by atoms with E-state index in [-0.39, 0.29) is 0 Å². The molecule has 0 aliphatic rings. The second-order valence-corrected chi connectivity index (χ2v) is 5.52. The molecule has 2 rings (SSSR count). The molecule has 0 saturated carbocycles. The molecule has 0 aliphatic heterocycles. The van der Waals surface area contributed by atoms with E-state index in [2.05, 4.69) is 68.9 Å². The molecule has 18 heavy (non-hydrogen) atoms. The molecule has 0 saturated heterocycles. The van der Waals surface area contributed by atoms with Crippen molar-refractivity contribution in [2.24, 2.45) is 0 Å². The third-order valence-corrected chi connectivity index (χ3v) is 3.48. The smallest absolute Gasteiger partial charge is 0.0946 e. The second kappa shape index (κ2) is 6.16. The first kappa shape index (κ1) is 13.3. The van der Waals surface area contributed by atoms with E-state index in [4.69, 9.17) is 0 Å². The number of hydrogen-bond donors (Lipinski definition) is 1. The molecule has 4 heteroatoms. The van der Waals surface area contributed by atoms with E-state index < -0.39 is 0 Å². The highest BCUT2D eigenvalue weighted by molar-refractivity contribution is 9.10. The topological polar surface area (TPSA) is 29.9 Å². The van der Waals surface area contributed by atoms with E-state index in [9.17, 15) is 0 Å². The molecule has 1 aromatic heterocycles. The van der Waals surface area contributed by atoms with Crippen molar-refractivity contribution in [1.82, 2.24) is 14.9 Å². The van der Waals surface area contributed by atoms with Gasteiger partial charge in [0.2, 0.25) is 0 Å². The van der Waals surface area contributed by atoms with Crippen LogP contribution in [0.2, 0.25) is 0 Å². The number of rotatable bonds is 5. The number of nitrogens with zero attached hydrogens (tertiary/aromatic N) is 2. The first-order valence-corrected chi connectivity index (χ1v) is 6.91. The third kappa shape index (κ3) is 3.68. The third-order valence-electron chi connectivity index (χ3n) is 2.95. The quantitative estimate of drug-likeness (QED) is 0.917. The van der Waals surface area contributed by atoms with Crippen molar-refractivity contribution in [1.29, 1.82) is 0 Å². The largest absolute Gasteiger partial charge is 0.336 e. The van der Waals surface area contributed by atoms with Gasteiger partial charge in [-0.2, -0.15) is 0 Å². The van der Waals surface area contributed by atoms with E-state index in [1.807, 2.05) is 18.7 Å². The van der Waals surface area contributed by atoms with Gasteiger partial charge in [-0.25, -0.2) is 4.98 Å². The minimum Gasteiger partial charge on any atom is -0.336 e. The van der Waals surface area contributed by atoms with Crippen molar-refractivity contribution in [3.8, 4) is 0 Å². The molecule has 1 heterocycles. The van der Waals surface area contributed by atoms with Crippen molar-refractivity contribution >= 4 is 15.9 Å². The summed E-state index contributed by atoms with van der Waals surface area (Å²) < 4.78 is 3.20. The molecule has 2 unspecified atom stereocenters. The van der Waals surface area contributed by atoms with Gasteiger partial charge in [0.25, 0.3) is 0 Å². The predicted molar refractivity (Wildman–Crippen MR) is 77.4 cm³/mol. The SMILES string of the molecule is CC(Cn1ccnc1)NC(C)c1ccc(Br)cc1. The minimum absolute atomic E-state index is 0.344. The number of benzene rings is 1. The number of hydrogen-bond acceptors (Lipinski definition) is 2. The summed E-state index contributed by atoms with van der Waals surface area (Å²) in [6.45, 7) is 5.31. The molecule has 0 spiro atoms. The van der Waals surface area contributed by atoms with Gasteiger partial charge in [-0.05, 0) is 31.5 Å². The molecular weight excluding hydrogens is 290 g/mol. The maximum Gasteiger partial charge on any atom is 0.0946 e. The monoisotopic (exact) mass is 307 g/mol. The van der Waals surface area contributed by atoms with E-state index in [0.29, 0.717) is 12.1 Å². The zero-order chi connectivity index (χ0) is 13.0. The van der Waals surface area contributed by atoms with Crippen LogP contribution in [0.5, 0.6) is 0 Å². The van der Waals surface area contributed by atoms with Gasteiger partial charge in [-0.15, -0.1) is 0 Å². The van der Waals surface area contributed by atoms with E-state index in [0.717, 1.165) is 11.0 Å². The molecule has 1 aromatic carbocycles. The maximum atomic E-state index is 4.05. The number of halogens is 1.